The number of hydrogen-bond donors (Lipinski definition) is 4. The molecule has 4 aromatic carbocycles. The lowest BCUT2D eigenvalue weighted by atomic mass is 9.85. The minimum atomic E-state index is -1.04. The lowest BCUT2D eigenvalue weighted by Crippen LogP contribution is -2.48. The topological polar surface area (TPSA) is 108 Å². The fraction of sp³-hybridized carbons (Fsp3) is 0.350. The third-order valence-electron chi connectivity index (χ3n) is 9.11. The summed E-state index contributed by atoms with van der Waals surface area (Å²) in [5, 5.41) is 28.0. The Morgan fingerprint density at radius 1 is 0.812 bits per heavy atom. The van der Waals surface area contributed by atoms with Gasteiger partial charge in [0.05, 0.1) is 17.7 Å². The molecule has 1 saturated carbocycles. The van der Waals surface area contributed by atoms with Crippen LogP contribution in [0.2, 0.25) is 0 Å². The van der Waals surface area contributed by atoms with Crippen molar-refractivity contribution >= 4 is 11.8 Å². The van der Waals surface area contributed by atoms with Gasteiger partial charge in [-0.1, -0.05) is 99.5 Å². The van der Waals surface area contributed by atoms with E-state index in [1.54, 1.807) is 24.3 Å². The van der Waals surface area contributed by atoms with Crippen LogP contribution in [0, 0.1) is 11.7 Å². The first-order valence-electron chi connectivity index (χ1n) is 17.0. The zero-order valence-electron chi connectivity index (χ0n) is 27.2. The summed E-state index contributed by atoms with van der Waals surface area (Å²) in [6, 6.07) is 27.9. The Morgan fingerprint density at radius 3 is 2.25 bits per heavy atom. The molecule has 0 unspecified atom stereocenters. The molecule has 0 aliphatic heterocycles. The number of phenolic OH excluding ortho intramolecular Hbond substituents is 1. The van der Waals surface area contributed by atoms with Crippen molar-refractivity contribution in [3.63, 3.8) is 0 Å². The van der Waals surface area contributed by atoms with Crippen LogP contribution >= 0.6 is 0 Å². The van der Waals surface area contributed by atoms with E-state index in [0.717, 1.165) is 30.5 Å². The largest absolute Gasteiger partial charge is 0.507 e. The number of carbonyl (C=O) groups excluding carboxylic acids is 2. The van der Waals surface area contributed by atoms with Crippen molar-refractivity contribution in [3.8, 4) is 17.2 Å². The summed E-state index contributed by atoms with van der Waals surface area (Å²) in [5.41, 5.74) is 1.26. The maximum Gasteiger partial charge on any atom is 0.255 e. The van der Waals surface area contributed by atoms with Crippen molar-refractivity contribution in [2.45, 2.75) is 82.4 Å². The zero-order chi connectivity index (χ0) is 33.7. The average molecular weight is 653 g/mol. The molecule has 8 heteroatoms. The van der Waals surface area contributed by atoms with Crippen molar-refractivity contribution in [2.24, 2.45) is 5.92 Å². The second-order valence-electron chi connectivity index (χ2n) is 12.8. The number of aliphatic hydroxyl groups is 1. The van der Waals surface area contributed by atoms with E-state index < -0.39 is 29.6 Å². The Bertz CT molecular complexity index is 1610. The highest BCUT2D eigenvalue weighted by Gasteiger charge is 2.28. The standard InChI is InChI=1S/C40H45FN2O5/c41-31-22-23-35(37(44)26-31)40(47)43-36(24-29-14-6-2-7-15-29)38(45)27-32(18-10-16-28-12-4-1-5-13-28)42-39(46)30-17-11-21-34(25-30)48-33-19-8-3-9-20-33/h2-3,6-9,11,14-15,17,19-23,25-26,28,32,36,38,44-45H,1,4-5,10,12-13,16,18,24,27H2,(H,42,46)(H,43,47)/t32-,36-,38-/m0/s1. The van der Waals surface area contributed by atoms with Crippen LogP contribution in [0.1, 0.15) is 84.1 Å². The summed E-state index contributed by atoms with van der Waals surface area (Å²) in [6.07, 6.45) is 8.39. The average Bonchev–Trinajstić information content (AvgIpc) is 3.09. The number of ether oxygens (including phenoxy) is 1. The van der Waals surface area contributed by atoms with Crippen LogP contribution in [0.3, 0.4) is 0 Å². The first kappa shape index (κ1) is 34.6. The van der Waals surface area contributed by atoms with Gasteiger partial charge in [0, 0.05) is 17.7 Å². The molecule has 5 rings (SSSR count). The predicted molar refractivity (Wildman–Crippen MR) is 185 cm³/mol. The molecule has 0 aromatic heterocycles. The molecule has 3 atom stereocenters. The molecule has 4 aromatic rings. The molecular weight excluding hydrogens is 607 g/mol. The highest BCUT2D eigenvalue weighted by molar-refractivity contribution is 5.97. The maximum absolute atomic E-state index is 13.6. The predicted octanol–water partition coefficient (Wildman–Crippen LogP) is 7.96. The molecule has 0 heterocycles. The smallest absolute Gasteiger partial charge is 0.255 e. The molecule has 4 N–H and O–H groups in total. The van der Waals surface area contributed by atoms with Crippen LogP contribution in [0.4, 0.5) is 4.39 Å². The van der Waals surface area contributed by atoms with Crippen molar-refractivity contribution in [1.29, 1.82) is 0 Å². The highest BCUT2D eigenvalue weighted by Crippen LogP contribution is 2.29. The van der Waals surface area contributed by atoms with Crippen molar-refractivity contribution < 1.29 is 28.9 Å². The number of phenols is 1. The molecule has 0 bridgehead atoms. The molecule has 1 aliphatic rings. The summed E-state index contributed by atoms with van der Waals surface area (Å²) in [5.74, 6) is -0.151. The van der Waals surface area contributed by atoms with Crippen LogP contribution < -0.4 is 15.4 Å². The Labute approximate surface area is 282 Å². The SMILES string of the molecule is O=C(N[C@@H](CCCC1CCCCC1)C[C@H](O)[C@H](Cc1ccccc1)NC(=O)c1ccc(F)cc1O)c1cccc(Oc2ccccc2)c1. The molecule has 7 nitrogen and oxygen atoms in total. The lowest BCUT2D eigenvalue weighted by molar-refractivity contribution is 0.0746. The van der Waals surface area contributed by atoms with Crippen LogP contribution in [-0.4, -0.2) is 40.2 Å². The van der Waals surface area contributed by atoms with Gasteiger partial charge in [-0.25, -0.2) is 4.39 Å². The van der Waals surface area contributed by atoms with Gasteiger partial charge in [0.15, 0.2) is 0 Å². The fourth-order valence-corrected chi connectivity index (χ4v) is 6.52. The highest BCUT2D eigenvalue weighted by atomic mass is 19.1. The Hall–Kier alpha value is -4.69. The van der Waals surface area contributed by atoms with Crippen LogP contribution in [0.5, 0.6) is 17.2 Å². The molecule has 1 aliphatic carbocycles. The number of nitrogens with one attached hydrogen (secondary N) is 2. The minimum Gasteiger partial charge on any atom is -0.507 e. The van der Waals surface area contributed by atoms with E-state index >= 15 is 0 Å². The molecule has 0 spiro atoms. The van der Waals surface area contributed by atoms with Crippen molar-refractivity contribution in [2.75, 3.05) is 0 Å². The molecule has 0 saturated heterocycles. The minimum absolute atomic E-state index is 0.0865. The summed E-state index contributed by atoms with van der Waals surface area (Å²) < 4.78 is 19.6. The van der Waals surface area contributed by atoms with E-state index in [0.29, 0.717) is 35.8 Å². The Kier molecular flexibility index (Phi) is 12.6. The fourth-order valence-electron chi connectivity index (χ4n) is 6.52. The third-order valence-corrected chi connectivity index (χ3v) is 9.11. The number of hydrogen-bond acceptors (Lipinski definition) is 5. The Morgan fingerprint density at radius 2 is 1.52 bits per heavy atom. The van der Waals surface area contributed by atoms with E-state index in [1.807, 2.05) is 60.7 Å². The van der Waals surface area contributed by atoms with Gasteiger partial charge in [0.2, 0.25) is 0 Å². The molecule has 1 fully saturated rings. The quantitative estimate of drug-likeness (QED) is 0.104. The number of aliphatic hydroxyl groups excluding tert-OH is 1. The van der Waals surface area contributed by atoms with E-state index in [9.17, 15) is 24.2 Å². The van der Waals surface area contributed by atoms with E-state index in [-0.39, 0.29) is 23.9 Å². The van der Waals surface area contributed by atoms with Crippen LogP contribution in [-0.2, 0) is 6.42 Å². The summed E-state index contributed by atoms with van der Waals surface area (Å²) in [6.45, 7) is 0. The number of rotatable bonds is 15. The number of benzene rings is 4. The molecular formula is C40H45FN2O5. The second-order valence-corrected chi connectivity index (χ2v) is 12.8. The lowest BCUT2D eigenvalue weighted by Gasteiger charge is -2.29. The number of aromatic hydroxyl groups is 1. The van der Waals surface area contributed by atoms with Gasteiger partial charge in [-0.3, -0.25) is 9.59 Å². The van der Waals surface area contributed by atoms with E-state index in [4.69, 9.17) is 4.74 Å². The van der Waals surface area contributed by atoms with Crippen LogP contribution in [0.15, 0.2) is 103 Å². The van der Waals surface area contributed by atoms with Gasteiger partial charge in [0.1, 0.15) is 23.1 Å². The second kappa shape index (κ2) is 17.5. The monoisotopic (exact) mass is 652 g/mol. The number of carbonyl (C=O) groups is 2. The number of amides is 2. The van der Waals surface area contributed by atoms with Gasteiger partial charge >= 0.3 is 0 Å². The van der Waals surface area contributed by atoms with E-state index in [1.165, 1.54) is 38.2 Å². The third kappa shape index (κ3) is 10.4. The number of halogens is 1. The first-order chi connectivity index (χ1) is 23.3. The number of para-hydroxylation sites is 1. The summed E-state index contributed by atoms with van der Waals surface area (Å²) >= 11 is 0. The molecule has 2 amide bonds. The van der Waals surface area contributed by atoms with Gasteiger partial charge in [-0.15, -0.1) is 0 Å². The van der Waals surface area contributed by atoms with Gasteiger partial charge < -0.3 is 25.6 Å². The Balaban J connectivity index is 1.32. The molecule has 48 heavy (non-hydrogen) atoms. The molecule has 252 valence electrons. The normalized spacial score (nSPS) is 15.2. The van der Waals surface area contributed by atoms with Gasteiger partial charge in [0.25, 0.3) is 11.8 Å². The van der Waals surface area contributed by atoms with E-state index in [2.05, 4.69) is 10.6 Å². The molecule has 0 radical (unpaired) electrons. The summed E-state index contributed by atoms with van der Waals surface area (Å²) in [4.78, 5) is 26.9. The first-order valence-corrected chi connectivity index (χ1v) is 17.0. The van der Waals surface area contributed by atoms with Gasteiger partial charge in [-0.05, 0) is 73.2 Å². The van der Waals surface area contributed by atoms with Gasteiger partial charge in [-0.2, -0.15) is 0 Å². The summed E-state index contributed by atoms with van der Waals surface area (Å²) in [7, 11) is 0. The van der Waals surface area contributed by atoms with Crippen molar-refractivity contribution in [1.82, 2.24) is 10.6 Å². The van der Waals surface area contributed by atoms with Crippen LogP contribution in [0.25, 0.3) is 0 Å². The zero-order valence-corrected chi connectivity index (χ0v) is 27.2. The maximum atomic E-state index is 13.6. The van der Waals surface area contributed by atoms with Crippen molar-refractivity contribution in [3.05, 3.63) is 126 Å².